The Labute approximate surface area is 129 Å². The van der Waals surface area contributed by atoms with Gasteiger partial charge in [-0.1, -0.05) is 30.0 Å². The van der Waals surface area contributed by atoms with Gasteiger partial charge in [0.25, 0.3) is 0 Å². The molecule has 2 aromatic rings. The van der Waals surface area contributed by atoms with Gasteiger partial charge in [-0.25, -0.2) is 4.79 Å². The second kappa shape index (κ2) is 6.64. The van der Waals surface area contributed by atoms with E-state index in [0.717, 1.165) is 5.56 Å². The molecule has 0 fully saturated rings. The minimum Gasteiger partial charge on any atom is -0.444 e. The van der Waals surface area contributed by atoms with Crippen molar-refractivity contribution in [2.45, 2.75) is 32.8 Å². The highest BCUT2D eigenvalue weighted by Gasteiger charge is 2.15. The van der Waals surface area contributed by atoms with E-state index in [1.807, 2.05) is 32.9 Å². The zero-order valence-corrected chi connectivity index (χ0v) is 13.3. The number of benzene rings is 1. The van der Waals surface area contributed by atoms with Gasteiger partial charge in [0.05, 0.1) is 0 Å². The molecule has 1 heterocycles. The van der Waals surface area contributed by atoms with Crippen molar-refractivity contribution in [3.63, 3.8) is 0 Å². The third-order valence-corrected chi connectivity index (χ3v) is 3.59. The Morgan fingerprint density at radius 2 is 2.10 bits per heavy atom. The van der Waals surface area contributed by atoms with E-state index < -0.39 is 11.7 Å². The summed E-state index contributed by atoms with van der Waals surface area (Å²) >= 11 is 1.70. The predicted octanol–water partition coefficient (Wildman–Crippen LogP) is 4.17. The average molecular weight is 301 g/mol. The molecule has 0 atom stereocenters. The van der Waals surface area contributed by atoms with Gasteiger partial charge in [-0.05, 0) is 26.8 Å². The lowest BCUT2D eigenvalue weighted by Gasteiger charge is -2.19. The fourth-order valence-electron chi connectivity index (χ4n) is 1.77. The maximum atomic E-state index is 11.4. The van der Waals surface area contributed by atoms with Crippen LogP contribution in [0.4, 0.5) is 4.79 Å². The summed E-state index contributed by atoms with van der Waals surface area (Å²) in [6.07, 6.45) is 0.203. The van der Waals surface area contributed by atoms with Crippen molar-refractivity contribution < 1.29 is 9.53 Å². The molecule has 0 aliphatic rings. The Balaban J connectivity index is 1.83. The highest BCUT2D eigenvalue weighted by atomic mass is 32.1. The Morgan fingerprint density at radius 3 is 2.86 bits per heavy atom. The quantitative estimate of drug-likeness (QED) is 0.668. The van der Waals surface area contributed by atoms with Crippen molar-refractivity contribution in [1.29, 1.82) is 0 Å². The number of carbonyl (C=O) groups is 1. The average Bonchev–Trinajstić information content (AvgIpc) is 2.80. The van der Waals surface area contributed by atoms with Crippen molar-refractivity contribution in [1.82, 2.24) is 5.32 Å². The van der Waals surface area contributed by atoms with E-state index in [2.05, 4.69) is 34.7 Å². The van der Waals surface area contributed by atoms with Crippen molar-refractivity contribution >= 4 is 27.5 Å². The van der Waals surface area contributed by atoms with Crippen molar-refractivity contribution in [3.05, 3.63) is 35.2 Å². The van der Waals surface area contributed by atoms with Gasteiger partial charge < -0.3 is 10.1 Å². The van der Waals surface area contributed by atoms with Crippen LogP contribution in [0.15, 0.2) is 29.6 Å². The normalized spacial score (nSPS) is 10.8. The summed E-state index contributed by atoms with van der Waals surface area (Å²) in [7, 11) is 0. The molecule has 0 bridgehead atoms. The van der Waals surface area contributed by atoms with E-state index in [1.54, 1.807) is 11.3 Å². The molecule has 0 unspecified atom stereocenters. The van der Waals surface area contributed by atoms with Crippen LogP contribution in [0.1, 0.15) is 32.8 Å². The molecule has 4 heteroatoms. The fourth-order valence-corrected chi connectivity index (χ4v) is 2.67. The van der Waals surface area contributed by atoms with Crippen molar-refractivity contribution in [3.8, 4) is 11.8 Å². The summed E-state index contributed by atoms with van der Waals surface area (Å²) in [5.74, 6) is 6.24. The van der Waals surface area contributed by atoms with Gasteiger partial charge in [0.1, 0.15) is 5.60 Å². The lowest BCUT2D eigenvalue weighted by molar-refractivity contribution is 0.0529. The van der Waals surface area contributed by atoms with Gasteiger partial charge in [-0.2, -0.15) is 0 Å². The Morgan fingerprint density at radius 1 is 1.33 bits per heavy atom. The molecule has 0 radical (unpaired) electrons. The second-order valence-corrected chi connectivity index (χ2v) is 6.54. The van der Waals surface area contributed by atoms with Crippen LogP contribution in [0.5, 0.6) is 0 Å². The molecule has 0 saturated carbocycles. The minimum atomic E-state index is -0.467. The van der Waals surface area contributed by atoms with Crippen LogP contribution in [0.3, 0.4) is 0 Å². The third kappa shape index (κ3) is 4.80. The zero-order valence-electron chi connectivity index (χ0n) is 12.5. The van der Waals surface area contributed by atoms with Crippen LogP contribution in [-0.2, 0) is 4.74 Å². The SMILES string of the molecule is CC(C)(C)OC(=O)NCCC#Cc1csc2ccccc12. The van der Waals surface area contributed by atoms with Gasteiger partial charge in [0.15, 0.2) is 0 Å². The molecule has 110 valence electrons. The number of ether oxygens (including phenoxy) is 1. The Hall–Kier alpha value is -1.99. The van der Waals surface area contributed by atoms with Gasteiger partial charge in [0, 0.05) is 34.0 Å². The highest BCUT2D eigenvalue weighted by Crippen LogP contribution is 2.24. The van der Waals surface area contributed by atoms with E-state index in [9.17, 15) is 4.79 Å². The first kappa shape index (κ1) is 15.4. The number of hydrogen-bond acceptors (Lipinski definition) is 3. The summed E-state index contributed by atoms with van der Waals surface area (Å²) in [4.78, 5) is 11.4. The number of alkyl carbamates (subject to hydrolysis) is 1. The molecule has 1 N–H and O–H groups in total. The largest absolute Gasteiger partial charge is 0.444 e. The summed E-state index contributed by atoms with van der Waals surface area (Å²) in [6, 6.07) is 8.22. The van der Waals surface area contributed by atoms with Crippen molar-refractivity contribution in [2.24, 2.45) is 0 Å². The molecule has 3 nitrogen and oxygen atoms in total. The number of carbonyl (C=O) groups excluding carboxylic acids is 1. The summed E-state index contributed by atoms with van der Waals surface area (Å²) < 4.78 is 6.40. The van der Waals surface area contributed by atoms with Gasteiger partial charge in [-0.15, -0.1) is 11.3 Å². The van der Waals surface area contributed by atoms with Crippen LogP contribution in [0.2, 0.25) is 0 Å². The second-order valence-electron chi connectivity index (χ2n) is 5.63. The van der Waals surface area contributed by atoms with Crippen LogP contribution < -0.4 is 5.32 Å². The summed E-state index contributed by atoms with van der Waals surface area (Å²) in [6.45, 7) is 6.01. The number of amides is 1. The maximum Gasteiger partial charge on any atom is 0.407 e. The molecule has 1 amide bonds. The standard InChI is InChI=1S/C17H19NO2S/c1-17(2,3)20-16(19)18-11-7-6-8-13-12-21-15-10-5-4-9-14(13)15/h4-5,9-10,12H,7,11H2,1-3H3,(H,18,19). The van der Waals surface area contributed by atoms with Crippen LogP contribution >= 0.6 is 11.3 Å². The number of rotatable bonds is 2. The highest BCUT2D eigenvalue weighted by molar-refractivity contribution is 7.17. The minimum absolute atomic E-state index is 0.398. The molecule has 1 aromatic carbocycles. The topological polar surface area (TPSA) is 38.3 Å². The molecule has 0 spiro atoms. The van der Waals surface area contributed by atoms with Crippen molar-refractivity contribution in [2.75, 3.05) is 6.54 Å². The van der Waals surface area contributed by atoms with Crippen LogP contribution in [0.25, 0.3) is 10.1 Å². The third-order valence-electron chi connectivity index (χ3n) is 2.62. The van der Waals surface area contributed by atoms with E-state index in [4.69, 9.17) is 4.74 Å². The van der Waals surface area contributed by atoms with Gasteiger partial charge >= 0.3 is 6.09 Å². The Bertz CT molecular complexity index is 686. The maximum absolute atomic E-state index is 11.4. The fraction of sp³-hybridized carbons (Fsp3) is 0.353. The predicted molar refractivity (Wildman–Crippen MR) is 87.6 cm³/mol. The summed E-state index contributed by atoms with van der Waals surface area (Å²) in [5, 5.41) is 5.95. The van der Waals surface area contributed by atoms with Crippen LogP contribution in [-0.4, -0.2) is 18.2 Å². The molecule has 0 aliphatic heterocycles. The van der Waals surface area contributed by atoms with E-state index in [0.29, 0.717) is 13.0 Å². The lowest BCUT2D eigenvalue weighted by Crippen LogP contribution is -2.32. The first-order valence-corrected chi connectivity index (χ1v) is 7.75. The number of fused-ring (bicyclic) bond motifs is 1. The molecule has 0 saturated heterocycles. The lowest BCUT2D eigenvalue weighted by atomic mass is 10.2. The van der Waals surface area contributed by atoms with E-state index in [1.165, 1.54) is 10.1 Å². The molecule has 0 aliphatic carbocycles. The monoisotopic (exact) mass is 301 g/mol. The van der Waals surface area contributed by atoms with Gasteiger partial charge in [-0.3, -0.25) is 0 Å². The number of nitrogens with one attached hydrogen (secondary N) is 1. The molecular formula is C17H19NO2S. The molecular weight excluding hydrogens is 282 g/mol. The smallest absolute Gasteiger partial charge is 0.407 e. The molecule has 2 rings (SSSR count). The number of hydrogen-bond donors (Lipinski definition) is 1. The molecule has 21 heavy (non-hydrogen) atoms. The first-order valence-electron chi connectivity index (χ1n) is 6.88. The van der Waals surface area contributed by atoms with E-state index in [-0.39, 0.29) is 0 Å². The molecule has 1 aromatic heterocycles. The van der Waals surface area contributed by atoms with Crippen LogP contribution in [0, 0.1) is 11.8 Å². The first-order chi connectivity index (χ1) is 9.96. The summed E-state index contributed by atoms with van der Waals surface area (Å²) in [5.41, 5.74) is 0.582. The Kier molecular flexibility index (Phi) is 4.87. The number of thiophene rings is 1. The van der Waals surface area contributed by atoms with E-state index >= 15 is 0 Å². The van der Waals surface area contributed by atoms with Gasteiger partial charge in [0.2, 0.25) is 0 Å². The zero-order chi connectivity index (χ0) is 15.3.